The molecule has 2 rings (SSSR count). The van der Waals surface area contributed by atoms with E-state index in [1.807, 2.05) is 0 Å². The third-order valence-corrected chi connectivity index (χ3v) is 2.69. The van der Waals surface area contributed by atoms with Crippen molar-refractivity contribution in [3.8, 4) is 0 Å². The Balaban J connectivity index is 2.39. The molecule has 1 heterocycles. The highest BCUT2D eigenvalue weighted by Crippen LogP contribution is 2.31. The van der Waals surface area contributed by atoms with E-state index in [1.165, 1.54) is 4.90 Å². The van der Waals surface area contributed by atoms with Crippen LogP contribution in [0.3, 0.4) is 0 Å². The minimum Gasteiger partial charge on any atom is -0.383 e. The van der Waals surface area contributed by atoms with Crippen LogP contribution in [-0.4, -0.2) is 32.0 Å². The molecule has 1 aromatic rings. The molecule has 1 aromatic carbocycles. The van der Waals surface area contributed by atoms with Gasteiger partial charge in [-0.2, -0.15) is 0 Å². The minimum atomic E-state index is -0.519. The lowest BCUT2D eigenvalue weighted by molar-refractivity contribution is -0.114. The zero-order chi connectivity index (χ0) is 11.7. The van der Waals surface area contributed by atoms with Gasteiger partial charge in [0.1, 0.15) is 0 Å². The molecule has 0 bridgehead atoms. The van der Waals surface area contributed by atoms with Crippen LogP contribution in [0.5, 0.6) is 0 Å². The molecule has 0 unspecified atom stereocenters. The molecule has 5 heteroatoms. The highest BCUT2D eigenvalue weighted by molar-refractivity contribution is 6.52. The number of halogens is 1. The molecule has 0 aliphatic carbocycles. The molecule has 0 aromatic heterocycles. The number of amides is 1. The summed E-state index contributed by atoms with van der Waals surface area (Å²) in [4.78, 5) is 24.7. The van der Waals surface area contributed by atoms with Gasteiger partial charge in [-0.1, -0.05) is 11.6 Å². The van der Waals surface area contributed by atoms with Gasteiger partial charge in [0.15, 0.2) is 0 Å². The SMILES string of the molecule is COCCN1C(=O)C(=O)c2ccc(Cl)cc21. The number of benzene rings is 1. The number of anilines is 1. The van der Waals surface area contributed by atoms with Gasteiger partial charge < -0.3 is 9.64 Å². The number of hydrogen-bond acceptors (Lipinski definition) is 3. The summed E-state index contributed by atoms with van der Waals surface area (Å²) in [5.74, 6) is -1.00. The Hall–Kier alpha value is -1.39. The molecule has 84 valence electrons. The molecule has 0 radical (unpaired) electrons. The van der Waals surface area contributed by atoms with E-state index < -0.39 is 11.7 Å². The number of carbonyl (C=O) groups excluding carboxylic acids is 2. The highest BCUT2D eigenvalue weighted by atomic mass is 35.5. The van der Waals surface area contributed by atoms with Crippen LogP contribution in [0.4, 0.5) is 5.69 Å². The Bertz CT molecular complexity index is 459. The second-order valence-corrected chi connectivity index (χ2v) is 3.88. The number of Topliss-reactive ketones (excluding diaryl/α,β-unsaturated/α-hetero) is 1. The normalized spacial score (nSPS) is 14.5. The topological polar surface area (TPSA) is 46.6 Å². The fourth-order valence-corrected chi connectivity index (χ4v) is 1.84. The lowest BCUT2D eigenvalue weighted by Crippen LogP contribution is -2.32. The Labute approximate surface area is 97.7 Å². The number of ketones is 1. The van der Waals surface area contributed by atoms with Crippen molar-refractivity contribution in [1.29, 1.82) is 0 Å². The maximum Gasteiger partial charge on any atom is 0.299 e. The van der Waals surface area contributed by atoms with E-state index in [4.69, 9.17) is 16.3 Å². The van der Waals surface area contributed by atoms with Crippen molar-refractivity contribution in [2.75, 3.05) is 25.2 Å². The molecule has 0 fully saturated rings. The molecule has 16 heavy (non-hydrogen) atoms. The molecule has 1 aliphatic heterocycles. The first kappa shape index (κ1) is 11.1. The van der Waals surface area contributed by atoms with Gasteiger partial charge in [-0.25, -0.2) is 0 Å². The standard InChI is InChI=1S/C11H10ClNO3/c1-16-5-4-13-9-6-7(12)2-3-8(9)10(14)11(13)15/h2-3,6H,4-5H2,1H3. The van der Waals surface area contributed by atoms with Crippen molar-refractivity contribution in [2.24, 2.45) is 0 Å². The van der Waals surface area contributed by atoms with Crippen molar-refractivity contribution in [1.82, 2.24) is 0 Å². The highest BCUT2D eigenvalue weighted by Gasteiger charge is 2.35. The molecule has 0 atom stereocenters. The summed E-state index contributed by atoms with van der Waals surface area (Å²) in [6.45, 7) is 0.736. The van der Waals surface area contributed by atoms with E-state index in [0.29, 0.717) is 29.4 Å². The smallest absolute Gasteiger partial charge is 0.299 e. The molecular formula is C11H10ClNO3. The maximum atomic E-state index is 11.7. The van der Waals surface area contributed by atoms with Gasteiger partial charge in [0.05, 0.1) is 17.9 Å². The van der Waals surface area contributed by atoms with Crippen LogP contribution < -0.4 is 4.90 Å². The predicted molar refractivity (Wildman–Crippen MR) is 60.0 cm³/mol. The predicted octanol–water partition coefficient (Wildman–Crippen LogP) is 1.52. The summed E-state index contributed by atoms with van der Waals surface area (Å²) < 4.78 is 4.89. The number of fused-ring (bicyclic) bond motifs is 1. The van der Waals surface area contributed by atoms with Gasteiger partial charge in [-0.15, -0.1) is 0 Å². The van der Waals surface area contributed by atoms with Crippen molar-refractivity contribution in [2.45, 2.75) is 0 Å². The average Bonchev–Trinajstić information content (AvgIpc) is 2.50. The van der Waals surface area contributed by atoms with E-state index >= 15 is 0 Å². The fraction of sp³-hybridized carbons (Fsp3) is 0.273. The second kappa shape index (κ2) is 4.23. The summed E-state index contributed by atoms with van der Waals surface area (Å²) in [6.07, 6.45) is 0. The molecule has 0 saturated carbocycles. The molecule has 0 saturated heterocycles. The lowest BCUT2D eigenvalue weighted by atomic mass is 10.1. The van der Waals surface area contributed by atoms with Crippen molar-refractivity contribution in [3.05, 3.63) is 28.8 Å². The molecule has 1 aliphatic rings. The molecular weight excluding hydrogens is 230 g/mol. The van der Waals surface area contributed by atoms with Crippen molar-refractivity contribution >= 4 is 29.0 Å². The Morgan fingerprint density at radius 2 is 2.12 bits per heavy atom. The van der Waals surface area contributed by atoms with Gasteiger partial charge in [0.25, 0.3) is 11.7 Å². The van der Waals surface area contributed by atoms with Gasteiger partial charge in [-0.3, -0.25) is 9.59 Å². The van der Waals surface area contributed by atoms with Gasteiger partial charge >= 0.3 is 0 Å². The van der Waals surface area contributed by atoms with Crippen LogP contribution in [0.25, 0.3) is 0 Å². The summed E-state index contributed by atoms with van der Waals surface area (Å²) in [5, 5.41) is 0.503. The largest absolute Gasteiger partial charge is 0.383 e. The Kier molecular flexibility index (Phi) is 2.94. The Morgan fingerprint density at radius 1 is 1.38 bits per heavy atom. The van der Waals surface area contributed by atoms with Crippen LogP contribution in [0.2, 0.25) is 5.02 Å². The fourth-order valence-electron chi connectivity index (χ4n) is 1.67. The summed E-state index contributed by atoms with van der Waals surface area (Å²) in [7, 11) is 1.54. The zero-order valence-corrected chi connectivity index (χ0v) is 9.45. The number of rotatable bonds is 3. The van der Waals surface area contributed by atoms with Gasteiger partial charge in [-0.05, 0) is 18.2 Å². The van der Waals surface area contributed by atoms with E-state index in [2.05, 4.69) is 0 Å². The number of nitrogens with zero attached hydrogens (tertiary/aromatic N) is 1. The number of hydrogen-bond donors (Lipinski definition) is 0. The van der Waals surface area contributed by atoms with Crippen LogP contribution in [0.1, 0.15) is 10.4 Å². The third-order valence-electron chi connectivity index (χ3n) is 2.45. The summed E-state index contributed by atoms with van der Waals surface area (Å²) >= 11 is 5.84. The summed E-state index contributed by atoms with van der Waals surface area (Å²) in [5.41, 5.74) is 0.977. The van der Waals surface area contributed by atoms with E-state index in [1.54, 1.807) is 25.3 Å². The molecule has 4 nitrogen and oxygen atoms in total. The minimum absolute atomic E-state index is 0.356. The first-order valence-electron chi connectivity index (χ1n) is 4.80. The van der Waals surface area contributed by atoms with Crippen LogP contribution in [0, 0.1) is 0 Å². The quantitative estimate of drug-likeness (QED) is 0.752. The van der Waals surface area contributed by atoms with E-state index in [-0.39, 0.29) is 0 Å². The molecule has 0 N–H and O–H groups in total. The van der Waals surface area contributed by atoms with Crippen molar-refractivity contribution in [3.63, 3.8) is 0 Å². The van der Waals surface area contributed by atoms with Crippen LogP contribution in [-0.2, 0) is 9.53 Å². The van der Waals surface area contributed by atoms with Gasteiger partial charge in [0.2, 0.25) is 0 Å². The second-order valence-electron chi connectivity index (χ2n) is 3.44. The first-order valence-corrected chi connectivity index (χ1v) is 5.17. The molecule has 1 amide bonds. The van der Waals surface area contributed by atoms with Crippen LogP contribution >= 0.6 is 11.6 Å². The third kappa shape index (κ3) is 1.70. The number of ether oxygens (including phenoxy) is 1. The van der Waals surface area contributed by atoms with Crippen LogP contribution in [0.15, 0.2) is 18.2 Å². The Morgan fingerprint density at radius 3 is 2.81 bits per heavy atom. The average molecular weight is 240 g/mol. The maximum absolute atomic E-state index is 11.7. The monoisotopic (exact) mass is 239 g/mol. The van der Waals surface area contributed by atoms with E-state index in [9.17, 15) is 9.59 Å². The first-order chi connectivity index (χ1) is 7.65. The van der Waals surface area contributed by atoms with E-state index in [0.717, 1.165) is 0 Å². The number of carbonyl (C=O) groups is 2. The summed E-state index contributed by atoms with van der Waals surface area (Å²) in [6, 6.07) is 4.80. The van der Waals surface area contributed by atoms with Crippen molar-refractivity contribution < 1.29 is 14.3 Å². The molecule has 0 spiro atoms. The van der Waals surface area contributed by atoms with Gasteiger partial charge in [0, 0.05) is 18.7 Å². The number of methoxy groups -OCH3 is 1. The lowest BCUT2D eigenvalue weighted by Gasteiger charge is -2.15. The zero-order valence-electron chi connectivity index (χ0n) is 8.70.